The van der Waals surface area contributed by atoms with E-state index >= 15 is 0 Å². The lowest BCUT2D eigenvalue weighted by Gasteiger charge is -2.32. The van der Waals surface area contributed by atoms with Crippen molar-refractivity contribution in [1.29, 1.82) is 0 Å². The number of rotatable bonds is 5. The molecule has 2 aromatic rings. The molecule has 36 heavy (non-hydrogen) atoms. The Kier molecular flexibility index (Phi) is 7.22. The van der Waals surface area contributed by atoms with Gasteiger partial charge in [-0.25, -0.2) is 0 Å². The molecular formula is C24H23F6N3O3. The minimum atomic E-state index is -4.78. The van der Waals surface area contributed by atoms with E-state index < -0.39 is 52.2 Å². The summed E-state index contributed by atoms with van der Waals surface area (Å²) in [5.41, 5.74) is -4.55. The average Bonchev–Trinajstić information content (AvgIpc) is 3.12. The lowest BCUT2D eigenvalue weighted by atomic mass is 9.91. The van der Waals surface area contributed by atoms with E-state index in [1.165, 1.54) is 0 Å². The predicted octanol–water partition coefficient (Wildman–Crippen LogP) is 5.61. The number of halogens is 6. The first kappa shape index (κ1) is 27.2. The third-order valence-electron chi connectivity index (χ3n) is 6.29. The predicted molar refractivity (Wildman–Crippen MR) is 119 cm³/mol. The number of nitrogens with zero attached hydrogens (tertiary/aromatic N) is 2. The van der Waals surface area contributed by atoms with Gasteiger partial charge >= 0.3 is 12.4 Å². The number of likely N-dealkylation sites (N-methyl/N-ethyl adjacent to an activating group) is 1. The number of aliphatic hydroxyl groups is 1. The number of hydrogen-bond acceptors (Lipinski definition) is 5. The fourth-order valence-corrected chi connectivity index (χ4v) is 4.07. The fourth-order valence-electron chi connectivity index (χ4n) is 4.07. The van der Waals surface area contributed by atoms with Gasteiger partial charge in [0.15, 0.2) is 5.78 Å². The highest BCUT2D eigenvalue weighted by Gasteiger charge is 2.42. The Bertz CT molecular complexity index is 1210. The number of Topliss-reactive ketones (excluding diaryl/α,β-unsaturated/α-hetero) is 1. The first-order valence-corrected chi connectivity index (χ1v) is 10.8. The number of likely N-dealkylation sites (tertiary alicyclic amines) is 1. The van der Waals surface area contributed by atoms with Crippen LogP contribution in [0, 0.1) is 0 Å². The Balaban J connectivity index is 2.08. The lowest BCUT2D eigenvalue weighted by Crippen LogP contribution is -2.42. The largest absolute Gasteiger partial charge is 0.509 e. The zero-order valence-corrected chi connectivity index (χ0v) is 19.5. The van der Waals surface area contributed by atoms with Crippen molar-refractivity contribution in [3.05, 3.63) is 59.1 Å². The van der Waals surface area contributed by atoms with E-state index in [2.05, 4.69) is 10.3 Å². The van der Waals surface area contributed by atoms with Crippen LogP contribution in [0.2, 0.25) is 0 Å². The van der Waals surface area contributed by atoms with Crippen LogP contribution in [0.5, 0.6) is 0 Å². The molecular weight excluding hydrogens is 492 g/mol. The van der Waals surface area contributed by atoms with Gasteiger partial charge in [0, 0.05) is 23.0 Å². The van der Waals surface area contributed by atoms with Crippen molar-refractivity contribution in [2.45, 2.75) is 44.6 Å². The van der Waals surface area contributed by atoms with Gasteiger partial charge in [-0.15, -0.1) is 0 Å². The highest BCUT2D eigenvalue weighted by molar-refractivity contribution is 6.23. The van der Waals surface area contributed by atoms with Crippen molar-refractivity contribution in [1.82, 2.24) is 9.88 Å². The molecule has 2 N–H and O–H groups in total. The molecule has 0 aliphatic carbocycles. The van der Waals surface area contributed by atoms with Crippen LogP contribution in [0.3, 0.4) is 0 Å². The minimum absolute atomic E-state index is 0.135. The lowest BCUT2D eigenvalue weighted by molar-refractivity contribution is -0.141. The standard InChI is InChI=1S/C24H23F6N3O3/c1-13(34)19(20(35)22(2)9-4-10-33(22)3)21(36)32-17-7-6-15(23(25,26)27)11-16(17)14-5-8-18(31-12-14)24(28,29)30/h5-8,11-12,35H,4,9-10H2,1-3H3,(H,32,36)/b20-19-. The number of pyridine rings is 1. The molecule has 0 saturated carbocycles. The number of amides is 1. The van der Waals surface area contributed by atoms with Gasteiger partial charge in [-0.3, -0.25) is 19.5 Å². The van der Waals surface area contributed by atoms with E-state index in [4.69, 9.17) is 0 Å². The van der Waals surface area contributed by atoms with Crippen LogP contribution in [0.15, 0.2) is 47.9 Å². The average molecular weight is 515 g/mol. The molecule has 1 fully saturated rings. The van der Waals surface area contributed by atoms with Crippen molar-refractivity contribution in [3.63, 3.8) is 0 Å². The maximum Gasteiger partial charge on any atom is 0.433 e. The van der Waals surface area contributed by atoms with E-state index in [1.807, 2.05) is 0 Å². The number of aromatic nitrogens is 1. The molecule has 1 amide bonds. The third-order valence-corrected chi connectivity index (χ3v) is 6.29. The number of ketones is 1. The van der Waals surface area contributed by atoms with E-state index in [0.717, 1.165) is 25.3 Å². The molecule has 1 aliphatic rings. The van der Waals surface area contributed by atoms with E-state index in [-0.39, 0.29) is 16.8 Å². The molecule has 1 aliphatic heterocycles. The van der Waals surface area contributed by atoms with Gasteiger partial charge in [-0.05, 0) is 64.5 Å². The number of nitrogens with one attached hydrogen (secondary N) is 1. The summed E-state index contributed by atoms with van der Waals surface area (Å²) in [5, 5.41) is 13.2. The number of benzene rings is 1. The third kappa shape index (κ3) is 5.38. The van der Waals surface area contributed by atoms with Crippen molar-refractivity contribution in [2.24, 2.45) is 0 Å². The van der Waals surface area contributed by atoms with Crippen LogP contribution < -0.4 is 5.32 Å². The van der Waals surface area contributed by atoms with Gasteiger partial charge in [-0.1, -0.05) is 6.07 Å². The highest BCUT2D eigenvalue weighted by Crippen LogP contribution is 2.38. The normalized spacial score (nSPS) is 19.7. The number of carbonyl (C=O) groups excluding carboxylic acids is 2. The molecule has 1 unspecified atom stereocenters. The Hall–Kier alpha value is -3.41. The maximum absolute atomic E-state index is 13.3. The zero-order valence-electron chi connectivity index (χ0n) is 19.5. The van der Waals surface area contributed by atoms with Crippen LogP contribution in [-0.4, -0.2) is 45.8 Å². The van der Waals surface area contributed by atoms with E-state index in [1.54, 1.807) is 18.9 Å². The van der Waals surface area contributed by atoms with Gasteiger partial charge < -0.3 is 10.4 Å². The Labute approximate surface area is 202 Å². The Morgan fingerprint density at radius 1 is 1.08 bits per heavy atom. The zero-order chi connectivity index (χ0) is 27.1. The summed E-state index contributed by atoms with van der Waals surface area (Å²) in [6.07, 6.45) is -7.63. The van der Waals surface area contributed by atoms with Gasteiger partial charge in [0.05, 0.1) is 11.1 Å². The Morgan fingerprint density at radius 2 is 1.75 bits per heavy atom. The molecule has 2 heterocycles. The number of hydrogen-bond donors (Lipinski definition) is 2. The quantitative estimate of drug-likeness (QED) is 0.178. The number of alkyl halides is 6. The maximum atomic E-state index is 13.3. The van der Waals surface area contributed by atoms with Crippen LogP contribution in [0.4, 0.5) is 32.0 Å². The second-order valence-electron chi connectivity index (χ2n) is 8.72. The molecule has 194 valence electrons. The molecule has 1 aromatic heterocycles. The van der Waals surface area contributed by atoms with Gasteiger partial charge in [0.1, 0.15) is 17.0 Å². The number of aliphatic hydroxyl groups excluding tert-OH is 1. The number of anilines is 1. The van der Waals surface area contributed by atoms with Crippen LogP contribution in [0.1, 0.15) is 37.9 Å². The van der Waals surface area contributed by atoms with E-state index in [0.29, 0.717) is 37.6 Å². The fraction of sp³-hybridized carbons (Fsp3) is 0.375. The summed E-state index contributed by atoms with van der Waals surface area (Å²) < 4.78 is 78.7. The smallest absolute Gasteiger partial charge is 0.433 e. The number of carbonyl (C=O) groups is 2. The van der Waals surface area contributed by atoms with Crippen molar-refractivity contribution in [3.8, 4) is 11.1 Å². The Morgan fingerprint density at radius 3 is 2.22 bits per heavy atom. The molecule has 0 spiro atoms. The molecule has 0 radical (unpaired) electrons. The van der Waals surface area contributed by atoms with Gasteiger partial charge in [0.2, 0.25) is 0 Å². The van der Waals surface area contributed by atoms with Crippen molar-refractivity contribution < 1.29 is 41.0 Å². The molecule has 1 saturated heterocycles. The first-order chi connectivity index (χ1) is 16.6. The molecule has 1 atom stereocenters. The summed E-state index contributed by atoms with van der Waals surface area (Å²) in [5.74, 6) is -2.31. The summed E-state index contributed by atoms with van der Waals surface area (Å²) in [4.78, 5) is 30.5. The van der Waals surface area contributed by atoms with Gasteiger partial charge in [-0.2, -0.15) is 26.3 Å². The van der Waals surface area contributed by atoms with Crippen molar-refractivity contribution >= 4 is 17.4 Å². The minimum Gasteiger partial charge on any atom is -0.509 e. The van der Waals surface area contributed by atoms with Crippen LogP contribution >= 0.6 is 0 Å². The van der Waals surface area contributed by atoms with E-state index in [9.17, 15) is 41.0 Å². The summed E-state index contributed by atoms with van der Waals surface area (Å²) in [6.45, 7) is 3.33. The van der Waals surface area contributed by atoms with Crippen LogP contribution in [-0.2, 0) is 21.9 Å². The second kappa shape index (κ2) is 9.57. The van der Waals surface area contributed by atoms with Gasteiger partial charge in [0.25, 0.3) is 5.91 Å². The monoisotopic (exact) mass is 515 g/mol. The molecule has 1 aromatic carbocycles. The van der Waals surface area contributed by atoms with Crippen LogP contribution in [0.25, 0.3) is 11.1 Å². The summed E-state index contributed by atoms with van der Waals surface area (Å²) >= 11 is 0. The molecule has 0 bridgehead atoms. The van der Waals surface area contributed by atoms with Crippen molar-refractivity contribution in [2.75, 3.05) is 18.9 Å². The molecule has 12 heteroatoms. The molecule has 6 nitrogen and oxygen atoms in total. The molecule has 3 rings (SSSR count). The SMILES string of the molecule is CC(=O)/C(C(=O)Nc1ccc(C(F)(F)F)cc1-c1ccc(C(F)(F)F)nc1)=C(/O)C1(C)CCCN1C. The highest BCUT2D eigenvalue weighted by atomic mass is 19.4. The topological polar surface area (TPSA) is 82.5 Å². The summed E-state index contributed by atoms with van der Waals surface area (Å²) in [6, 6.07) is 3.79. The second-order valence-corrected chi connectivity index (χ2v) is 8.72. The summed E-state index contributed by atoms with van der Waals surface area (Å²) in [7, 11) is 1.71. The first-order valence-electron chi connectivity index (χ1n) is 10.8.